The van der Waals surface area contributed by atoms with Crippen molar-refractivity contribution in [1.82, 2.24) is 0 Å². The Morgan fingerprint density at radius 1 is 1.00 bits per heavy atom. The average molecular weight is 258 g/mol. The molecule has 0 saturated carbocycles. The van der Waals surface area contributed by atoms with E-state index in [0.29, 0.717) is 11.8 Å². The molecule has 1 rings (SSSR count). The summed E-state index contributed by atoms with van der Waals surface area (Å²) >= 11 is 0. The Hall–Kier alpha value is -1.40. The summed E-state index contributed by atoms with van der Waals surface area (Å²) in [6.07, 6.45) is 0. The Labute approximate surface area is 117 Å². The van der Waals surface area contributed by atoms with Crippen LogP contribution in [0.15, 0.2) is 17.1 Å². The third-order valence-corrected chi connectivity index (χ3v) is 3.45. The molecule has 2 heteroatoms. The van der Waals surface area contributed by atoms with Gasteiger partial charge in [0.05, 0.1) is 11.7 Å². The molecule has 1 aromatic carbocycles. The van der Waals surface area contributed by atoms with Crippen molar-refractivity contribution in [2.24, 2.45) is 4.99 Å². The van der Waals surface area contributed by atoms with Crippen molar-refractivity contribution >= 4 is 11.7 Å². The molecule has 0 aliphatic rings. The van der Waals surface area contributed by atoms with E-state index in [1.165, 1.54) is 16.7 Å². The van der Waals surface area contributed by atoms with Gasteiger partial charge >= 0.3 is 0 Å². The Morgan fingerprint density at radius 3 is 1.68 bits per heavy atom. The fraction of sp³-hybridized carbons (Fsp3) is 0.588. The number of benzene rings is 1. The maximum absolute atomic E-state index is 7.18. The van der Waals surface area contributed by atoms with Crippen molar-refractivity contribution in [2.45, 2.75) is 65.7 Å². The van der Waals surface area contributed by atoms with Crippen molar-refractivity contribution in [3.8, 4) is 0 Å². The van der Waals surface area contributed by atoms with Crippen molar-refractivity contribution in [3.05, 3.63) is 28.8 Å². The first-order valence-electron chi connectivity index (χ1n) is 6.99. The molecule has 1 aromatic rings. The van der Waals surface area contributed by atoms with Crippen LogP contribution in [0.1, 0.15) is 77.0 Å². The first-order chi connectivity index (χ1) is 8.68. The van der Waals surface area contributed by atoms with Gasteiger partial charge in [-0.25, -0.2) is 5.41 Å². The number of nitrogens with one attached hydrogen (secondary N) is 1. The molecule has 0 heterocycles. The topological polar surface area (TPSA) is 36.2 Å². The van der Waals surface area contributed by atoms with Gasteiger partial charge in [0.15, 0.2) is 0 Å². The lowest BCUT2D eigenvalue weighted by Gasteiger charge is -2.25. The lowest BCUT2D eigenvalue weighted by Crippen LogP contribution is -2.13. The highest BCUT2D eigenvalue weighted by Gasteiger charge is 2.21. The summed E-state index contributed by atoms with van der Waals surface area (Å²) in [6.45, 7) is 15.4. The molecule has 0 amide bonds. The van der Waals surface area contributed by atoms with Crippen molar-refractivity contribution < 1.29 is 0 Å². The van der Waals surface area contributed by atoms with Crippen molar-refractivity contribution in [3.63, 3.8) is 0 Å². The monoisotopic (exact) mass is 258 g/mol. The van der Waals surface area contributed by atoms with Crippen LogP contribution in [-0.4, -0.2) is 6.01 Å². The lowest BCUT2D eigenvalue weighted by atomic mass is 9.81. The Bertz CT molecular complexity index is 469. The van der Waals surface area contributed by atoms with E-state index in [1.54, 1.807) is 0 Å². The van der Waals surface area contributed by atoms with E-state index >= 15 is 0 Å². The maximum Gasteiger partial charge on any atom is 0.0918 e. The van der Waals surface area contributed by atoms with Crippen LogP contribution in [0.4, 0.5) is 5.69 Å². The zero-order valence-corrected chi connectivity index (χ0v) is 13.3. The molecule has 2 nitrogen and oxygen atoms in total. The third-order valence-electron chi connectivity index (χ3n) is 3.45. The van der Waals surface area contributed by atoms with Gasteiger partial charge in [-0.3, -0.25) is 0 Å². The van der Waals surface area contributed by atoms with Crippen LogP contribution >= 0.6 is 0 Å². The average Bonchev–Trinajstić information content (AvgIpc) is 2.27. The van der Waals surface area contributed by atoms with E-state index < -0.39 is 0 Å². The van der Waals surface area contributed by atoms with Gasteiger partial charge in [0.25, 0.3) is 0 Å². The van der Waals surface area contributed by atoms with Gasteiger partial charge in [0.2, 0.25) is 0 Å². The van der Waals surface area contributed by atoms with Gasteiger partial charge in [-0.05, 0) is 33.9 Å². The molecule has 0 saturated heterocycles. The highest BCUT2D eigenvalue weighted by atomic mass is 14.7. The van der Waals surface area contributed by atoms with Crippen LogP contribution in [0.3, 0.4) is 0 Å². The van der Waals surface area contributed by atoms with E-state index in [-0.39, 0.29) is 5.41 Å². The van der Waals surface area contributed by atoms with Crippen LogP contribution in [-0.2, 0) is 5.41 Å². The zero-order valence-electron chi connectivity index (χ0n) is 13.3. The fourth-order valence-corrected chi connectivity index (χ4v) is 2.18. The van der Waals surface area contributed by atoms with Gasteiger partial charge in [0.1, 0.15) is 0 Å². The summed E-state index contributed by atoms with van der Waals surface area (Å²) in [5.41, 5.74) is 4.84. The van der Waals surface area contributed by atoms with Gasteiger partial charge < -0.3 is 0 Å². The minimum Gasteiger partial charge on any atom is -0.241 e. The molecule has 104 valence electrons. The SMILES string of the molecule is CC(C)c1cc(C(C)(C)C)cc(C(C)C)c1N=C=N. The van der Waals surface area contributed by atoms with Gasteiger partial charge in [-0.15, -0.1) is 0 Å². The smallest absolute Gasteiger partial charge is 0.0918 e. The van der Waals surface area contributed by atoms with Crippen LogP contribution in [0.25, 0.3) is 0 Å². The summed E-state index contributed by atoms with van der Waals surface area (Å²) in [4.78, 5) is 4.19. The van der Waals surface area contributed by atoms with Gasteiger partial charge in [-0.2, -0.15) is 4.99 Å². The quantitative estimate of drug-likeness (QED) is 0.684. The molecule has 0 spiro atoms. The molecule has 0 aromatic heterocycles. The predicted molar refractivity (Wildman–Crippen MR) is 83.1 cm³/mol. The van der Waals surface area contributed by atoms with Crippen molar-refractivity contribution in [1.29, 1.82) is 5.41 Å². The van der Waals surface area contributed by atoms with Crippen molar-refractivity contribution in [2.75, 3.05) is 0 Å². The molecule has 0 unspecified atom stereocenters. The Kier molecular flexibility index (Phi) is 4.70. The molecule has 19 heavy (non-hydrogen) atoms. The van der Waals surface area contributed by atoms with E-state index in [0.717, 1.165) is 5.69 Å². The fourth-order valence-electron chi connectivity index (χ4n) is 2.18. The second kappa shape index (κ2) is 5.71. The van der Waals surface area contributed by atoms with E-state index in [9.17, 15) is 0 Å². The highest BCUT2D eigenvalue weighted by Crippen LogP contribution is 2.38. The number of hydrogen-bond donors (Lipinski definition) is 1. The number of rotatable bonds is 3. The molecule has 0 aliphatic heterocycles. The molecule has 0 radical (unpaired) electrons. The van der Waals surface area contributed by atoms with Crippen LogP contribution in [0, 0.1) is 5.41 Å². The highest BCUT2D eigenvalue weighted by molar-refractivity contribution is 5.62. The largest absolute Gasteiger partial charge is 0.241 e. The summed E-state index contributed by atoms with van der Waals surface area (Å²) in [6, 6.07) is 6.69. The Morgan fingerprint density at radius 2 is 1.42 bits per heavy atom. The molecule has 0 atom stereocenters. The van der Waals surface area contributed by atoms with Gasteiger partial charge in [0, 0.05) is 0 Å². The molecule has 0 fully saturated rings. The van der Waals surface area contributed by atoms with Gasteiger partial charge in [-0.1, -0.05) is 60.6 Å². The summed E-state index contributed by atoms with van der Waals surface area (Å²) < 4.78 is 0. The number of aliphatic imine (C=N–C) groups is 1. The predicted octanol–water partition coefficient (Wildman–Crippen LogP) is 5.62. The third kappa shape index (κ3) is 3.54. The van der Waals surface area contributed by atoms with E-state index in [2.05, 4.69) is 71.6 Å². The standard InChI is InChI=1S/C17H26N2/c1-11(2)14-8-13(17(5,6)7)9-15(12(3)4)16(14)19-10-18/h8-9,11-12,18H,1-7H3. The molecular weight excluding hydrogens is 232 g/mol. The second-order valence-corrected chi connectivity index (χ2v) is 6.79. The van der Waals surface area contributed by atoms with E-state index in [4.69, 9.17) is 5.41 Å². The zero-order chi connectivity index (χ0) is 14.8. The minimum atomic E-state index is 0.125. The first-order valence-corrected chi connectivity index (χ1v) is 6.99. The van der Waals surface area contributed by atoms with E-state index in [1.807, 2.05) is 0 Å². The lowest BCUT2D eigenvalue weighted by molar-refractivity contribution is 0.586. The molecule has 0 aliphatic carbocycles. The molecule has 0 bridgehead atoms. The van der Waals surface area contributed by atoms with Crippen LogP contribution < -0.4 is 0 Å². The minimum absolute atomic E-state index is 0.125. The number of nitrogens with zero attached hydrogens (tertiary/aromatic N) is 1. The summed E-state index contributed by atoms with van der Waals surface area (Å²) in [5, 5.41) is 7.18. The molecular formula is C17H26N2. The van der Waals surface area contributed by atoms with Crippen LogP contribution in [0.5, 0.6) is 0 Å². The second-order valence-electron chi connectivity index (χ2n) is 6.79. The first kappa shape index (κ1) is 15.7. The number of hydrogen-bond acceptors (Lipinski definition) is 2. The van der Waals surface area contributed by atoms with Crippen LogP contribution in [0.2, 0.25) is 0 Å². The summed E-state index contributed by atoms with van der Waals surface area (Å²) in [7, 11) is 0. The maximum atomic E-state index is 7.18. The Balaban J connectivity index is 3.67. The molecule has 1 N–H and O–H groups in total. The summed E-state index contributed by atoms with van der Waals surface area (Å²) in [5.74, 6) is 0.791. The normalized spacial score (nSPS) is 11.8.